The molecule has 2 aromatic rings. The minimum Gasteiger partial charge on any atom is -0.399 e. The normalized spacial score (nSPS) is 15.1. The van der Waals surface area contributed by atoms with E-state index in [1.165, 1.54) is 0 Å². The van der Waals surface area contributed by atoms with Gasteiger partial charge in [0.1, 0.15) is 0 Å². The molecule has 1 fully saturated rings. The van der Waals surface area contributed by atoms with E-state index in [4.69, 9.17) is 5.73 Å². The molecule has 1 heterocycles. The van der Waals surface area contributed by atoms with Crippen molar-refractivity contribution in [3.8, 4) is 0 Å². The number of nitrogens with zero attached hydrogens (tertiary/aromatic N) is 2. The number of anilines is 3. The van der Waals surface area contributed by atoms with Gasteiger partial charge in [0.05, 0.1) is 0 Å². The Labute approximate surface area is 112 Å². The molecule has 1 aliphatic heterocycles. The number of hydrogen-bond acceptors (Lipinski definition) is 2. The van der Waals surface area contributed by atoms with E-state index in [2.05, 4.69) is 0 Å². The van der Waals surface area contributed by atoms with Gasteiger partial charge in [-0.05, 0) is 30.3 Å². The van der Waals surface area contributed by atoms with Gasteiger partial charge in [-0.25, -0.2) is 4.79 Å². The van der Waals surface area contributed by atoms with Crippen molar-refractivity contribution in [3.63, 3.8) is 0 Å². The predicted molar refractivity (Wildman–Crippen MR) is 77.4 cm³/mol. The van der Waals surface area contributed by atoms with Crippen LogP contribution in [-0.2, 0) is 0 Å². The summed E-state index contributed by atoms with van der Waals surface area (Å²) >= 11 is 0. The number of hydrogen-bond donors (Lipinski definition) is 1. The Hall–Kier alpha value is -2.49. The highest BCUT2D eigenvalue weighted by molar-refractivity contribution is 6.06. The molecule has 0 radical (unpaired) electrons. The molecule has 0 bridgehead atoms. The van der Waals surface area contributed by atoms with Gasteiger partial charge >= 0.3 is 6.03 Å². The molecular formula is C15H15N3O. The van der Waals surface area contributed by atoms with E-state index in [1.54, 1.807) is 9.80 Å². The van der Waals surface area contributed by atoms with Crippen LogP contribution in [-0.4, -0.2) is 19.1 Å². The zero-order valence-corrected chi connectivity index (χ0v) is 10.5. The Balaban J connectivity index is 1.87. The zero-order valence-electron chi connectivity index (χ0n) is 10.5. The highest BCUT2D eigenvalue weighted by Gasteiger charge is 2.30. The molecule has 0 saturated carbocycles. The third-order valence-electron chi connectivity index (χ3n) is 3.26. The van der Waals surface area contributed by atoms with Crippen LogP contribution in [0.15, 0.2) is 54.6 Å². The maximum Gasteiger partial charge on any atom is 0.329 e. The fourth-order valence-corrected chi connectivity index (χ4v) is 2.32. The Morgan fingerprint density at radius 2 is 1.47 bits per heavy atom. The summed E-state index contributed by atoms with van der Waals surface area (Å²) in [6.07, 6.45) is 0. The fraction of sp³-hybridized carbons (Fsp3) is 0.133. The molecule has 0 aromatic heterocycles. The van der Waals surface area contributed by atoms with Crippen LogP contribution >= 0.6 is 0 Å². The van der Waals surface area contributed by atoms with Crippen molar-refractivity contribution in [1.82, 2.24) is 0 Å². The molecule has 3 rings (SSSR count). The number of nitrogens with two attached hydrogens (primary N) is 1. The van der Waals surface area contributed by atoms with Gasteiger partial charge in [-0.2, -0.15) is 0 Å². The van der Waals surface area contributed by atoms with Crippen molar-refractivity contribution < 1.29 is 4.79 Å². The van der Waals surface area contributed by atoms with Crippen LogP contribution in [0.4, 0.5) is 21.9 Å². The van der Waals surface area contributed by atoms with Gasteiger partial charge in [-0.1, -0.05) is 24.3 Å². The Morgan fingerprint density at radius 1 is 0.842 bits per heavy atom. The summed E-state index contributed by atoms with van der Waals surface area (Å²) in [5.41, 5.74) is 8.22. The summed E-state index contributed by atoms with van der Waals surface area (Å²) in [6.45, 7) is 1.37. The molecule has 1 saturated heterocycles. The molecule has 1 aliphatic rings. The summed E-state index contributed by atoms with van der Waals surface area (Å²) in [5.74, 6) is 0. The second-order valence-corrected chi connectivity index (χ2v) is 4.52. The number of nitrogen functional groups attached to an aromatic ring is 1. The van der Waals surface area contributed by atoms with Crippen LogP contribution in [0.2, 0.25) is 0 Å². The Kier molecular flexibility index (Phi) is 2.83. The van der Waals surface area contributed by atoms with E-state index in [0.717, 1.165) is 11.4 Å². The van der Waals surface area contributed by atoms with Crippen molar-refractivity contribution in [3.05, 3.63) is 54.6 Å². The number of benzene rings is 2. The quantitative estimate of drug-likeness (QED) is 0.836. The van der Waals surface area contributed by atoms with Crippen molar-refractivity contribution in [2.45, 2.75) is 0 Å². The summed E-state index contributed by atoms with van der Waals surface area (Å²) in [6, 6.07) is 17.1. The molecule has 2 N–H and O–H groups in total. The molecular weight excluding hydrogens is 238 g/mol. The van der Waals surface area contributed by atoms with Gasteiger partial charge in [0.15, 0.2) is 0 Å². The fourth-order valence-electron chi connectivity index (χ4n) is 2.32. The predicted octanol–water partition coefficient (Wildman–Crippen LogP) is 2.72. The number of urea groups is 1. The molecule has 4 nitrogen and oxygen atoms in total. The van der Waals surface area contributed by atoms with Crippen molar-refractivity contribution in [2.75, 3.05) is 28.6 Å². The summed E-state index contributed by atoms with van der Waals surface area (Å²) in [5, 5.41) is 0. The lowest BCUT2D eigenvalue weighted by atomic mass is 10.2. The van der Waals surface area contributed by atoms with Crippen LogP contribution in [0.5, 0.6) is 0 Å². The smallest absolute Gasteiger partial charge is 0.329 e. The average molecular weight is 253 g/mol. The van der Waals surface area contributed by atoms with Gasteiger partial charge in [0.2, 0.25) is 0 Å². The maximum atomic E-state index is 12.4. The lowest BCUT2D eigenvalue weighted by Gasteiger charge is -2.19. The summed E-state index contributed by atoms with van der Waals surface area (Å²) < 4.78 is 0. The summed E-state index contributed by atoms with van der Waals surface area (Å²) in [4.78, 5) is 16.0. The van der Waals surface area contributed by atoms with Crippen LogP contribution < -0.4 is 15.5 Å². The highest BCUT2D eigenvalue weighted by atomic mass is 16.2. The first-order chi connectivity index (χ1) is 9.25. The molecule has 96 valence electrons. The third-order valence-corrected chi connectivity index (χ3v) is 3.26. The van der Waals surface area contributed by atoms with E-state index in [0.29, 0.717) is 18.8 Å². The standard InChI is InChI=1S/C15H15N3O/c16-12-5-4-8-14(11-12)18-10-9-17(15(18)19)13-6-2-1-3-7-13/h1-8,11H,9-10,16H2. The van der Waals surface area contributed by atoms with E-state index in [9.17, 15) is 4.79 Å². The zero-order chi connectivity index (χ0) is 13.2. The molecule has 0 aliphatic carbocycles. The van der Waals surface area contributed by atoms with Gasteiger partial charge in [0.25, 0.3) is 0 Å². The maximum absolute atomic E-state index is 12.4. The topological polar surface area (TPSA) is 49.6 Å². The van der Waals surface area contributed by atoms with Gasteiger partial charge in [-0.3, -0.25) is 9.80 Å². The second kappa shape index (κ2) is 4.65. The van der Waals surface area contributed by atoms with Crippen molar-refractivity contribution in [2.24, 2.45) is 0 Å². The minimum absolute atomic E-state index is 0.00296. The highest BCUT2D eigenvalue weighted by Crippen LogP contribution is 2.25. The van der Waals surface area contributed by atoms with E-state index >= 15 is 0 Å². The van der Waals surface area contributed by atoms with Crippen molar-refractivity contribution in [1.29, 1.82) is 0 Å². The van der Waals surface area contributed by atoms with E-state index in [-0.39, 0.29) is 6.03 Å². The SMILES string of the molecule is Nc1cccc(N2CCN(c3ccccc3)C2=O)c1. The molecule has 0 unspecified atom stereocenters. The average Bonchev–Trinajstić information content (AvgIpc) is 2.81. The Morgan fingerprint density at radius 3 is 2.16 bits per heavy atom. The largest absolute Gasteiger partial charge is 0.399 e. The minimum atomic E-state index is -0.00296. The van der Waals surface area contributed by atoms with Gasteiger partial charge < -0.3 is 5.73 Å². The van der Waals surface area contributed by atoms with Crippen LogP contribution in [0.1, 0.15) is 0 Å². The first kappa shape index (κ1) is 11.6. The lowest BCUT2D eigenvalue weighted by Crippen LogP contribution is -2.31. The number of amides is 2. The number of carbonyl (C=O) groups excluding carboxylic acids is 1. The monoisotopic (exact) mass is 253 g/mol. The first-order valence-corrected chi connectivity index (χ1v) is 6.25. The van der Waals surface area contributed by atoms with Crippen LogP contribution in [0.25, 0.3) is 0 Å². The number of rotatable bonds is 2. The van der Waals surface area contributed by atoms with Gasteiger partial charge in [0, 0.05) is 30.2 Å². The molecule has 19 heavy (non-hydrogen) atoms. The molecule has 2 aromatic carbocycles. The lowest BCUT2D eigenvalue weighted by molar-refractivity contribution is 0.256. The first-order valence-electron chi connectivity index (χ1n) is 6.25. The molecule has 4 heteroatoms. The third kappa shape index (κ3) is 2.12. The number of para-hydroxylation sites is 1. The van der Waals surface area contributed by atoms with Crippen molar-refractivity contribution >= 4 is 23.1 Å². The van der Waals surface area contributed by atoms with E-state index in [1.807, 2.05) is 54.6 Å². The van der Waals surface area contributed by atoms with Crippen LogP contribution in [0.3, 0.4) is 0 Å². The van der Waals surface area contributed by atoms with Crippen LogP contribution in [0, 0.1) is 0 Å². The van der Waals surface area contributed by atoms with E-state index < -0.39 is 0 Å². The summed E-state index contributed by atoms with van der Waals surface area (Å²) in [7, 11) is 0. The second-order valence-electron chi connectivity index (χ2n) is 4.52. The number of carbonyl (C=O) groups is 1. The van der Waals surface area contributed by atoms with Gasteiger partial charge in [-0.15, -0.1) is 0 Å². The molecule has 0 spiro atoms. The Bertz CT molecular complexity index is 597. The molecule has 2 amide bonds. The molecule has 0 atom stereocenters.